The summed E-state index contributed by atoms with van der Waals surface area (Å²) < 4.78 is 5.64. The molecule has 4 nitrogen and oxygen atoms in total. The Balaban J connectivity index is 0.00000242. The topological polar surface area (TPSA) is 50.9 Å². The Morgan fingerprint density at radius 3 is 2.55 bits per heavy atom. The molecule has 2 rings (SSSR count). The number of nitrogens with zero attached hydrogens (tertiary/aromatic N) is 2. The van der Waals surface area contributed by atoms with Crippen LogP contribution >= 0.6 is 24.0 Å². The van der Waals surface area contributed by atoms with Crippen LogP contribution in [0.1, 0.15) is 43.7 Å². The van der Waals surface area contributed by atoms with E-state index in [4.69, 9.17) is 10.5 Å². The van der Waals surface area contributed by atoms with E-state index in [1.807, 2.05) is 12.1 Å². The summed E-state index contributed by atoms with van der Waals surface area (Å²) in [5.41, 5.74) is 8.52. The van der Waals surface area contributed by atoms with E-state index in [0.29, 0.717) is 19.1 Å². The molecule has 1 aromatic carbocycles. The second-order valence-corrected chi connectivity index (χ2v) is 5.54. The largest absolute Gasteiger partial charge is 0.377 e. The molecule has 0 unspecified atom stereocenters. The van der Waals surface area contributed by atoms with Crippen molar-refractivity contribution in [2.24, 2.45) is 10.7 Å². The van der Waals surface area contributed by atoms with Gasteiger partial charge in [-0.3, -0.25) is 0 Å². The molecule has 0 bridgehead atoms. The van der Waals surface area contributed by atoms with Crippen LogP contribution in [0.15, 0.2) is 29.3 Å². The third kappa shape index (κ3) is 6.12. The lowest BCUT2D eigenvalue weighted by atomic mass is 10.1. The maximum atomic E-state index is 6.11. The van der Waals surface area contributed by atoms with Crippen molar-refractivity contribution >= 4 is 29.9 Å². The van der Waals surface area contributed by atoms with Gasteiger partial charge in [-0.25, -0.2) is 4.99 Å². The first-order valence-electron chi connectivity index (χ1n) is 8.00. The quantitative estimate of drug-likeness (QED) is 0.334. The van der Waals surface area contributed by atoms with Crippen molar-refractivity contribution < 1.29 is 4.74 Å². The lowest BCUT2D eigenvalue weighted by molar-refractivity contribution is 0.121. The van der Waals surface area contributed by atoms with Gasteiger partial charge in [0.05, 0.1) is 13.2 Å². The molecule has 0 spiro atoms. The molecule has 1 aliphatic heterocycles. The average molecular weight is 417 g/mol. The molecule has 1 fully saturated rings. The molecule has 1 aliphatic rings. The summed E-state index contributed by atoms with van der Waals surface area (Å²) in [5.74, 6) is 0.680. The number of piperidine rings is 1. The molecule has 124 valence electrons. The number of aliphatic imine (C=N–C) groups is 1. The molecule has 1 saturated heterocycles. The number of hydrogen-bond donors (Lipinski definition) is 1. The maximum absolute atomic E-state index is 6.11. The van der Waals surface area contributed by atoms with Crippen molar-refractivity contribution in [1.29, 1.82) is 0 Å². The third-order valence-electron chi connectivity index (χ3n) is 3.82. The Morgan fingerprint density at radius 2 is 1.86 bits per heavy atom. The normalized spacial score (nSPS) is 15.5. The standard InChI is InChI=1S/C17H27N3O.HI/c1-2-12-21-14-16-9-5-4-8-15(16)13-19-17(18)20-10-6-3-7-11-20;/h4-5,8-9H,2-3,6-7,10-14H2,1H3,(H2,18,19);1H. The predicted octanol–water partition coefficient (Wildman–Crippen LogP) is 3.53. The molecule has 1 heterocycles. The van der Waals surface area contributed by atoms with E-state index in [0.717, 1.165) is 26.1 Å². The fraction of sp³-hybridized carbons (Fsp3) is 0.588. The van der Waals surface area contributed by atoms with Gasteiger partial charge in [0.1, 0.15) is 0 Å². The van der Waals surface area contributed by atoms with E-state index in [9.17, 15) is 0 Å². The Hall–Kier alpha value is -0.820. The molecule has 22 heavy (non-hydrogen) atoms. The Bertz CT molecular complexity index is 459. The van der Waals surface area contributed by atoms with E-state index < -0.39 is 0 Å². The maximum Gasteiger partial charge on any atom is 0.191 e. The van der Waals surface area contributed by atoms with Crippen molar-refractivity contribution in [1.82, 2.24) is 4.90 Å². The minimum atomic E-state index is 0. The summed E-state index contributed by atoms with van der Waals surface area (Å²) >= 11 is 0. The van der Waals surface area contributed by atoms with Crippen LogP contribution in [0.25, 0.3) is 0 Å². The first kappa shape index (κ1) is 19.2. The van der Waals surface area contributed by atoms with E-state index in [-0.39, 0.29) is 24.0 Å². The second-order valence-electron chi connectivity index (χ2n) is 5.54. The van der Waals surface area contributed by atoms with Gasteiger partial charge < -0.3 is 15.4 Å². The number of nitrogens with two attached hydrogens (primary N) is 1. The molecular formula is C17H28IN3O. The van der Waals surface area contributed by atoms with Gasteiger partial charge in [0.25, 0.3) is 0 Å². The molecule has 0 amide bonds. The van der Waals surface area contributed by atoms with Crippen LogP contribution in [0.2, 0.25) is 0 Å². The Labute approximate surface area is 151 Å². The highest BCUT2D eigenvalue weighted by atomic mass is 127. The lowest BCUT2D eigenvalue weighted by Crippen LogP contribution is -2.40. The number of halogens is 1. The van der Waals surface area contributed by atoms with Crippen LogP contribution < -0.4 is 5.73 Å². The lowest BCUT2D eigenvalue weighted by Gasteiger charge is -2.27. The van der Waals surface area contributed by atoms with E-state index in [2.05, 4.69) is 28.9 Å². The summed E-state index contributed by atoms with van der Waals surface area (Å²) in [6.07, 6.45) is 4.79. The highest BCUT2D eigenvalue weighted by molar-refractivity contribution is 14.0. The number of guanidine groups is 1. The zero-order valence-electron chi connectivity index (χ0n) is 13.5. The smallest absolute Gasteiger partial charge is 0.191 e. The zero-order valence-corrected chi connectivity index (χ0v) is 15.8. The number of likely N-dealkylation sites (tertiary alicyclic amines) is 1. The summed E-state index contributed by atoms with van der Waals surface area (Å²) in [6.45, 7) is 6.29. The fourth-order valence-electron chi connectivity index (χ4n) is 2.57. The van der Waals surface area contributed by atoms with Gasteiger partial charge in [0.15, 0.2) is 5.96 Å². The Morgan fingerprint density at radius 1 is 1.18 bits per heavy atom. The van der Waals surface area contributed by atoms with Crippen LogP contribution in [0.5, 0.6) is 0 Å². The van der Waals surface area contributed by atoms with Gasteiger partial charge >= 0.3 is 0 Å². The number of ether oxygens (including phenoxy) is 1. The number of hydrogen-bond acceptors (Lipinski definition) is 2. The van der Waals surface area contributed by atoms with Gasteiger partial charge in [-0.2, -0.15) is 0 Å². The summed E-state index contributed by atoms with van der Waals surface area (Å²) in [6, 6.07) is 8.31. The van der Waals surface area contributed by atoms with E-state index in [1.54, 1.807) is 0 Å². The molecule has 0 atom stereocenters. The van der Waals surface area contributed by atoms with Crippen LogP contribution in [-0.2, 0) is 17.9 Å². The van der Waals surface area contributed by atoms with E-state index in [1.165, 1.54) is 30.4 Å². The number of rotatable bonds is 6. The van der Waals surface area contributed by atoms with Crippen LogP contribution in [0.4, 0.5) is 0 Å². The van der Waals surface area contributed by atoms with Gasteiger partial charge in [-0.1, -0.05) is 31.2 Å². The SMILES string of the molecule is CCCOCc1ccccc1CN=C(N)N1CCCCC1.I. The van der Waals surface area contributed by atoms with Gasteiger partial charge in [-0.05, 0) is 36.8 Å². The first-order valence-corrected chi connectivity index (χ1v) is 8.00. The van der Waals surface area contributed by atoms with Gasteiger partial charge in [0, 0.05) is 19.7 Å². The highest BCUT2D eigenvalue weighted by Crippen LogP contribution is 2.13. The number of benzene rings is 1. The van der Waals surface area contributed by atoms with Gasteiger partial charge in [-0.15, -0.1) is 24.0 Å². The predicted molar refractivity (Wildman–Crippen MR) is 103 cm³/mol. The summed E-state index contributed by atoms with van der Waals surface area (Å²) in [5, 5.41) is 0. The molecule has 0 aliphatic carbocycles. The van der Waals surface area contributed by atoms with Crippen LogP contribution in [-0.4, -0.2) is 30.6 Å². The van der Waals surface area contributed by atoms with Crippen molar-refractivity contribution in [3.63, 3.8) is 0 Å². The first-order chi connectivity index (χ1) is 10.3. The molecule has 0 aromatic heterocycles. The summed E-state index contributed by atoms with van der Waals surface area (Å²) in [4.78, 5) is 6.77. The minimum Gasteiger partial charge on any atom is -0.377 e. The van der Waals surface area contributed by atoms with Crippen molar-refractivity contribution in [3.8, 4) is 0 Å². The highest BCUT2D eigenvalue weighted by Gasteiger charge is 2.11. The van der Waals surface area contributed by atoms with Crippen LogP contribution in [0, 0.1) is 0 Å². The van der Waals surface area contributed by atoms with Crippen molar-refractivity contribution in [3.05, 3.63) is 35.4 Å². The second kappa shape index (κ2) is 10.8. The Kier molecular flexibility index (Phi) is 9.47. The molecule has 5 heteroatoms. The van der Waals surface area contributed by atoms with Crippen LogP contribution in [0.3, 0.4) is 0 Å². The van der Waals surface area contributed by atoms with Crippen molar-refractivity contribution in [2.45, 2.75) is 45.8 Å². The third-order valence-corrected chi connectivity index (χ3v) is 3.82. The average Bonchev–Trinajstić information content (AvgIpc) is 2.54. The fourth-order valence-corrected chi connectivity index (χ4v) is 2.57. The molecule has 0 saturated carbocycles. The minimum absolute atomic E-state index is 0. The van der Waals surface area contributed by atoms with Crippen molar-refractivity contribution in [2.75, 3.05) is 19.7 Å². The zero-order chi connectivity index (χ0) is 14.9. The summed E-state index contributed by atoms with van der Waals surface area (Å²) in [7, 11) is 0. The molecule has 2 N–H and O–H groups in total. The molecular weight excluding hydrogens is 389 g/mol. The van der Waals surface area contributed by atoms with Gasteiger partial charge in [0.2, 0.25) is 0 Å². The monoisotopic (exact) mass is 417 g/mol. The van der Waals surface area contributed by atoms with E-state index >= 15 is 0 Å². The molecule has 0 radical (unpaired) electrons. The molecule has 1 aromatic rings.